The fourth-order valence-corrected chi connectivity index (χ4v) is 5.17. The van der Waals surface area contributed by atoms with Crippen LogP contribution in [0.5, 0.6) is 0 Å². The molecule has 96 valence electrons. The number of hydrogen-bond donors (Lipinski definition) is 1. The fraction of sp³-hybridized carbons (Fsp3) is 0.875. The second kappa shape index (κ2) is 4.42. The van der Waals surface area contributed by atoms with Gasteiger partial charge in [0.25, 0.3) is 0 Å². The molecule has 4 aliphatic rings. The summed E-state index contributed by atoms with van der Waals surface area (Å²) < 4.78 is 0. The second-order valence-electron chi connectivity index (χ2n) is 6.88. The van der Waals surface area contributed by atoms with Gasteiger partial charge < -0.3 is 5.11 Å². The zero-order chi connectivity index (χ0) is 12.0. The molecule has 0 heterocycles. The van der Waals surface area contributed by atoms with E-state index in [0.29, 0.717) is 5.92 Å². The fourth-order valence-electron chi connectivity index (χ4n) is 5.17. The van der Waals surface area contributed by atoms with E-state index in [2.05, 4.69) is 13.5 Å². The lowest BCUT2D eigenvalue weighted by molar-refractivity contribution is -0.0888. The SMILES string of the molecule is C=C(CC)CC(O)C1C2CC3CC(C2)CC1C3. The lowest BCUT2D eigenvalue weighted by Crippen LogP contribution is -2.49. The summed E-state index contributed by atoms with van der Waals surface area (Å²) in [6, 6.07) is 0. The molecule has 0 spiro atoms. The lowest BCUT2D eigenvalue weighted by Gasteiger charge is -2.55. The van der Waals surface area contributed by atoms with Crippen LogP contribution in [0.1, 0.15) is 51.9 Å². The Hall–Kier alpha value is -0.300. The van der Waals surface area contributed by atoms with Crippen molar-refractivity contribution in [3.05, 3.63) is 12.2 Å². The van der Waals surface area contributed by atoms with Crippen LogP contribution >= 0.6 is 0 Å². The third kappa shape index (κ3) is 2.07. The molecule has 0 amide bonds. The van der Waals surface area contributed by atoms with Gasteiger partial charge in [-0.25, -0.2) is 0 Å². The van der Waals surface area contributed by atoms with Crippen LogP contribution in [0, 0.1) is 29.6 Å². The van der Waals surface area contributed by atoms with Crippen molar-refractivity contribution in [1.82, 2.24) is 0 Å². The minimum Gasteiger partial charge on any atom is -0.392 e. The monoisotopic (exact) mass is 234 g/mol. The highest BCUT2D eigenvalue weighted by Crippen LogP contribution is 2.57. The molecule has 0 aliphatic heterocycles. The average Bonchev–Trinajstić information content (AvgIpc) is 2.27. The van der Waals surface area contributed by atoms with Gasteiger partial charge >= 0.3 is 0 Å². The van der Waals surface area contributed by atoms with Gasteiger partial charge in [0.15, 0.2) is 0 Å². The van der Waals surface area contributed by atoms with E-state index in [-0.39, 0.29) is 6.10 Å². The molecule has 0 radical (unpaired) electrons. The first-order valence-electron chi connectivity index (χ1n) is 7.52. The van der Waals surface area contributed by atoms with Crippen molar-refractivity contribution in [2.75, 3.05) is 0 Å². The van der Waals surface area contributed by atoms with E-state index in [9.17, 15) is 5.11 Å². The Morgan fingerprint density at radius 3 is 2.12 bits per heavy atom. The van der Waals surface area contributed by atoms with Crippen LogP contribution in [0.25, 0.3) is 0 Å². The molecule has 1 N–H and O–H groups in total. The second-order valence-corrected chi connectivity index (χ2v) is 6.88. The van der Waals surface area contributed by atoms with Crippen LogP contribution in [-0.4, -0.2) is 11.2 Å². The van der Waals surface area contributed by atoms with Crippen molar-refractivity contribution in [1.29, 1.82) is 0 Å². The van der Waals surface area contributed by atoms with Gasteiger partial charge in [0.2, 0.25) is 0 Å². The summed E-state index contributed by atoms with van der Waals surface area (Å²) in [6.45, 7) is 6.21. The summed E-state index contributed by atoms with van der Waals surface area (Å²) in [4.78, 5) is 0. The Kier molecular flexibility index (Phi) is 3.06. The molecule has 17 heavy (non-hydrogen) atoms. The lowest BCUT2D eigenvalue weighted by atomic mass is 9.50. The predicted octanol–water partition coefficient (Wildman–Crippen LogP) is 3.78. The third-order valence-corrected chi connectivity index (χ3v) is 5.74. The Morgan fingerprint density at radius 1 is 1.12 bits per heavy atom. The van der Waals surface area contributed by atoms with E-state index in [4.69, 9.17) is 0 Å². The van der Waals surface area contributed by atoms with Crippen molar-refractivity contribution in [2.24, 2.45) is 29.6 Å². The van der Waals surface area contributed by atoms with Crippen LogP contribution in [0.2, 0.25) is 0 Å². The first kappa shape index (κ1) is 11.8. The summed E-state index contributed by atoms with van der Waals surface area (Å²) in [7, 11) is 0. The summed E-state index contributed by atoms with van der Waals surface area (Å²) in [6.07, 6.45) is 8.91. The molecule has 1 heteroatoms. The van der Waals surface area contributed by atoms with E-state index in [1.54, 1.807) is 0 Å². The number of aliphatic hydroxyl groups excluding tert-OH is 1. The molecule has 0 aromatic heterocycles. The summed E-state index contributed by atoms with van der Waals surface area (Å²) in [5, 5.41) is 10.5. The standard InChI is InChI=1S/C16H26O/c1-3-10(2)4-15(17)16-13-6-11-5-12(8-13)9-14(16)7-11/h11-17H,2-9H2,1H3. The third-order valence-electron chi connectivity index (χ3n) is 5.74. The van der Waals surface area contributed by atoms with E-state index in [0.717, 1.165) is 36.5 Å². The van der Waals surface area contributed by atoms with Gasteiger partial charge in [-0.3, -0.25) is 0 Å². The Morgan fingerprint density at radius 2 is 1.65 bits per heavy atom. The largest absolute Gasteiger partial charge is 0.392 e. The molecule has 0 aromatic rings. The highest BCUT2D eigenvalue weighted by Gasteiger charge is 2.50. The topological polar surface area (TPSA) is 20.2 Å². The molecular weight excluding hydrogens is 208 g/mol. The highest BCUT2D eigenvalue weighted by molar-refractivity contribution is 5.03. The molecule has 4 bridgehead atoms. The zero-order valence-electron chi connectivity index (χ0n) is 11.1. The van der Waals surface area contributed by atoms with Gasteiger partial charge in [0, 0.05) is 0 Å². The maximum Gasteiger partial charge on any atom is 0.0610 e. The smallest absolute Gasteiger partial charge is 0.0610 e. The quantitative estimate of drug-likeness (QED) is 0.734. The molecule has 4 aliphatic carbocycles. The van der Waals surface area contributed by atoms with Crippen LogP contribution in [0.4, 0.5) is 0 Å². The van der Waals surface area contributed by atoms with Crippen molar-refractivity contribution >= 4 is 0 Å². The van der Waals surface area contributed by atoms with E-state index >= 15 is 0 Å². The summed E-state index contributed by atoms with van der Waals surface area (Å²) in [5.74, 6) is 4.30. The molecule has 1 unspecified atom stereocenters. The van der Waals surface area contributed by atoms with Crippen LogP contribution in [-0.2, 0) is 0 Å². The predicted molar refractivity (Wildman–Crippen MR) is 70.6 cm³/mol. The molecule has 1 nitrogen and oxygen atoms in total. The Labute approximate surface area is 105 Å². The Balaban J connectivity index is 1.69. The van der Waals surface area contributed by atoms with Gasteiger partial charge in [-0.2, -0.15) is 0 Å². The number of rotatable bonds is 4. The van der Waals surface area contributed by atoms with Gasteiger partial charge in [-0.15, -0.1) is 0 Å². The molecule has 4 fully saturated rings. The van der Waals surface area contributed by atoms with E-state index in [1.165, 1.54) is 37.7 Å². The van der Waals surface area contributed by atoms with Crippen LogP contribution in [0.3, 0.4) is 0 Å². The van der Waals surface area contributed by atoms with E-state index in [1.807, 2.05) is 0 Å². The molecule has 0 aromatic carbocycles. The van der Waals surface area contributed by atoms with Gasteiger partial charge in [-0.05, 0) is 74.5 Å². The van der Waals surface area contributed by atoms with Crippen molar-refractivity contribution in [3.8, 4) is 0 Å². The minimum atomic E-state index is -0.0996. The summed E-state index contributed by atoms with van der Waals surface area (Å²) in [5.41, 5.74) is 1.23. The van der Waals surface area contributed by atoms with Crippen LogP contribution < -0.4 is 0 Å². The maximum absolute atomic E-state index is 10.5. The van der Waals surface area contributed by atoms with Gasteiger partial charge in [0.05, 0.1) is 6.10 Å². The molecule has 4 rings (SSSR count). The van der Waals surface area contributed by atoms with Crippen LogP contribution in [0.15, 0.2) is 12.2 Å². The first-order valence-corrected chi connectivity index (χ1v) is 7.52. The first-order chi connectivity index (χ1) is 8.17. The average molecular weight is 234 g/mol. The minimum absolute atomic E-state index is 0.0996. The summed E-state index contributed by atoms with van der Waals surface area (Å²) >= 11 is 0. The Bertz CT molecular complexity index is 279. The van der Waals surface area contributed by atoms with Crippen molar-refractivity contribution < 1.29 is 5.11 Å². The normalized spacial score (nSPS) is 44.9. The highest BCUT2D eigenvalue weighted by atomic mass is 16.3. The zero-order valence-corrected chi connectivity index (χ0v) is 11.1. The van der Waals surface area contributed by atoms with Crippen molar-refractivity contribution in [3.63, 3.8) is 0 Å². The molecule has 1 atom stereocenters. The molecule has 4 saturated carbocycles. The van der Waals surface area contributed by atoms with Gasteiger partial charge in [-0.1, -0.05) is 19.1 Å². The van der Waals surface area contributed by atoms with Crippen molar-refractivity contribution in [2.45, 2.75) is 58.0 Å². The van der Waals surface area contributed by atoms with E-state index < -0.39 is 0 Å². The molecular formula is C16H26O. The number of aliphatic hydroxyl groups is 1. The molecule has 0 saturated heterocycles. The maximum atomic E-state index is 10.5. The number of hydrogen-bond acceptors (Lipinski definition) is 1. The van der Waals surface area contributed by atoms with Gasteiger partial charge in [0.1, 0.15) is 0 Å².